The molecular formula is C23H24N6O2. The van der Waals surface area contributed by atoms with E-state index in [0.717, 1.165) is 35.2 Å². The number of benzene rings is 2. The van der Waals surface area contributed by atoms with Crippen molar-refractivity contribution in [1.82, 2.24) is 30.0 Å². The Kier molecular flexibility index (Phi) is 4.51. The molecule has 0 saturated heterocycles. The number of ether oxygens (including phenoxy) is 1. The summed E-state index contributed by atoms with van der Waals surface area (Å²) in [4.78, 5) is 22.1. The number of hydrogen-bond donors (Lipinski definition) is 2. The molecule has 0 bridgehead atoms. The van der Waals surface area contributed by atoms with E-state index in [1.165, 1.54) is 16.0 Å². The molecule has 0 atom stereocenters. The quantitative estimate of drug-likeness (QED) is 0.533. The second-order valence-corrected chi connectivity index (χ2v) is 8.11. The highest BCUT2D eigenvalue weighted by atomic mass is 16.6. The van der Waals surface area contributed by atoms with Crippen molar-refractivity contribution in [3.63, 3.8) is 0 Å². The predicted octanol–water partition coefficient (Wildman–Crippen LogP) is 3.60. The summed E-state index contributed by atoms with van der Waals surface area (Å²) in [6.07, 6.45) is -0.469. The lowest BCUT2D eigenvalue weighted by Gasteiger charge is -2.12. The van der Waals surface area contributed by atoms with E-state index in [1.807, 2.05) is 38.2 Å². The molecule has 0 aliphatic carbocycles. The number of imidazole rings is 1. The molecule has 5 rings (SSSR count). The third kappa shape index (κ3) is 3.34. The van der Waals surface area contributed by atoms with Gasteiger partial charge in [0.2, 0.25) is 0 Å². The summed E-state index contributed by atoms with van der Waals surface area (Å²) in [6.45, 7) is 3.74. The number of aromatic nitrogens is 4. The average Bonchev–Trinajstić information content (AvgIpc) is 3.43. The van der Waals surface area contributed by atoms with Gasteiger partial charge in [-0.15, -0.1) is 0 Å². The van der Waals surface area contributed by atoms with Crippen LogP contribution in [-0.2, 0) is 20.1 Å². The number of nitrogens with zero attached hydrogens (tertiary/aromatic N) is 4. The zero-order valence-electron chi connectivity index (χ0n) is 18.0. The molecule has 8 nitrogen and oxygen atoms in total. The molecule has 1 amide bonds. The number of aromatic amines is 1. The molecule has 0 fully saturated rings. The van der Waals surface area contributed by atoms with Gasteiger partial charge in [-0.1, -0.05) is 29.8 Å². The Balaban J connectivity index is 1.68. The second kappa shape index (κ2) is 7.24. The predicted molar refractivity (Wildman–Crippen MR) is 119 cm³/mol. The van der Waals surface area contributed by atoms with E-state index in [4.69, 9.17) is 9.72 Å². The summed E-state index contributed by atoms with van der Waals surface area (Å²) in [7, 11) is 5.14. The highest BCUT2D eigenvalue weighted by molar-refractivity contribution is 5.86. The number of fused-ring (bicyclic) bond motifs is 2. The highest BCUT2D eigenvalue weighted by Crippen LogP contribution is 2.39. The van der Waals surface area contributed by atoms with Crippen molar-refractivity contribution < 1.29 is 9.53 Å². The molecule has 1 aliphatic heterocycles. The summed E-state index contributed by atoms with van der Waals surface area (Å²) >= 11 is 0. The molecule has 2 aromatic heterocycles. The summed E-state index contributed by atoms with van der Waals surface area (Å²) in [5, 5.41) is 8.04. The molecule has 2 N–H and O–H groups in total. The minimum absolute atomic E-state index is 0.387. The molecule has 2 aromatic carbocycles. The van der Waals surface area contributed by atoms with Crippen LogP contribution in [0.15, 0.2) is 36.4 Å². The lowest BCUT2D eigenvalue weighted by atomic mass is 10.1. The van der Waals surface area contributed by atoms with E-state index >= 15 is 0 Å². The van der Waals surface area contributed by atoms with Crippen LogP contribution < -0.4 is 10.1 Å². The Hall–Kier alpha value is -3.65. The van der Waals surface area contributed by atoms with Crippen LogP contribution in [0.5, 0.6) is 5.75 Å². The molecule has 4 aromatic rings. The van der Waals surface area contributed by atoms with Crippen LogP contribution in [-0.4, -0.2) is 44.8 Å². The third-order valence-electron chi connectivity index (χ3n) is 5.54. The van der Waals surface area contributed by atoms with Crippen LogP contribution in [0.1, 0.15) is 16.7 Å². The van der Waals surface area contributed by atoms with Crippen molar-refractivity contribution in [2.45, 2.75) is 20.0 Å². The molecule has 0 radical (unpaired) electrons. The molecule has 0 spiro atoms. The van der Waals surface area contributed by atoms with Crippen LogP contribution in [0.25, 0.3) is 33.8 Å². The van der Waals surface area contributed by atoms with Gasteiger partial charge in [-0.3, -0.25) is 4.68 Å². The molecule has 8 heteroatoms. The second-order valence-electron chi connectivity index (χ2n) is 8.11. The van der Waals surface area contributed by atoms with Crippen molar-refractivity contribution in [3.05, 3.63) is 53.1 Å². The average molecular weight is 416 g/mol. The van der Waals surface area contributed by atoms with E-state index in [-0.39, 0.29) is 0 Å². The Labute approximate surface area is 179 Å². The number of hydrogen-bond acceptors (Lipinski definition) is 5. The maximum Gasteiger partial charge on any atom is 0.414 e. The zero-order valence-corrected chi connectivity index (χ0v) is 18.0. The van der Waals surface area contributed by atoms with E-state index in [9.17, 15) is 4.79 Å². The largest absolute Gasteiger partial charge is 0.414 e. The number of aryl methyl sites for hydroxylation is 2. The Morgan fingerprint density at radius 1 is 1.13 bits per heavy atom. The molecule has 31 heavy (non-hydrogen) atoms. The van der Waals surface area contributed by atoms with Crippen LogP contribution in [0, 0.1) is 6.92 Å². The van der Waals surface area contributed by atoms with Gasteiger partial charge in [0.05, 0.1) is 11.0 Å². The zero-order chi connectivity index (χ0) is 21.7. The number of carbonyl (C=O) groups excluding carboxylic acids is 1. The van der Waals surface area contributed by atoms with E-state index < -0.39 is 6.09 Å². The lowest BCUT2D eigenvalue weighted by molar-refractivity contribution is 0.172. The number of amides is 1. The molecular weight excluding hydrogens is 392 g/mol. The van der Waals surface area contributed by atoms with Crippen molar-refractivity contribution >= 4 is 17.1 Å². The normalized spacial score (nSPS) is 12.9. The Morgan fingerprint density at radius 2 is 1.84 bits per heavy atom. The minimum Gasteiger partial charge on any atom is -0.405 e. The first-order valence-electron chi connectivity index (χ1n) is 10.2. The molecule has 0 saturated carbocycles. The molecule has 0 unspecified atom stereocenters. The smallest absolute Gasteiger partial charge is 0.405 e. The topological polar surface area (TPSA) is 88.1 Å². The van der Waals surface area contributed by atoms with Gasteiger partial charge >= 0.3 is 6.09 Å². The summed E-state index contributed by atoms with van der Waals surface area (Å²) in [5.74, 6) is 1.000. The standard InChI is InChI=1S/C23H24N6O2/c1-13-5-7-14(8-6-13)19-21(31-23(30)28(2)3)20(29(4)27-19)22-25-17-9-15-11-24-12-16(15)10-18(17)26-22/h5-10,24H,11-12H2,1-4H3,(H,25,26). The monoisotopic (exact) mass is 416 g/mol. The van der Waals surface area contributed by atoms with E-state index in [0.29, 0.717) is 23.0 Å². The van der Waals surface area contributed by atoms with E-state index in [1.54, 1.807) is 18.8 Å². The van der Waals surface area contributed by atoms with Crippen LogP contribution >= 0.6 is 0 Å². The first-order valence-corrected chi connectivity index (χ1v) is 10.2. The van der Waals surface area contributed by atoms with Crippen molar-refractivity contribution in [3.8, 4) is 28.5 Å². The van der Waals surface area contributed by atoms with Crippen LogP contribution in [0.4, 0.5) is 4.79 Å². The van der Waals surface area contributed by atoms with Gasteiger partial charge in [-0.25, -0.2) is 9.78 Å². The molecule has 158 valence electrons. The van der Waals surface area contributed by atoms with Crippen molar-refractivity contribution in [1.29, 1.82) is 0 Å². The van der Waals surface area contributed by atoms with Gasteiger partial charge < -0.3 is 19.9 Å². The number of nitrogens with one attached hydrogen (secondary N) is 2. The van der Waals surface area contributed by atoms with E-state index in [2.05, 4.69) is 27.5 Å². The highest BCUT2D eigenvalue weighted by Gasteiger charge is 2.26. The Morgan fingerprint density at radius 3 is 2.55 bits per heavy atom. The van der Waals surface area contributed by atoms with Gasteiger partial charge in [0.1, 0.15) is 11.4 Å². The fraction of sp³-hybridized carbons (Fsp3) is 0.261. The minimum atomic E-state index is -0.469. The van der Waals surface area contributed by atoms with Gasteiger partial charge in [-0.05, 0) is 30.2 Å². The van der Waals surface area contributed by atoms with Gasteiger partial charge in [0.15, 0.2) is 11.6 Å². The maximum absolute atomic E-state index is 12.5. The fourth-order valence-electron chi connectivity index (χ4n) is 3.86. The summed E-state index contributed by atoms with van der Waals surface area (Å²) in [6, 6.07) is 12.2. The van der Waals surface area contributed by atoms with Crippen LogP contribution in [0.2, 0.25) is 0 Å². The van der Waals surface area contributed by atoms with Gasteiger partial charge in [0.25, 0.3) is 0 Å². The number of carbonyl (C=O) groups is 1. The SMILES string of the molecule is Cc1ccc(-c2nn(C)c(-c3nc4cc5c(cc4[nH]3)CNC5)c2OC(=O)N(C)C)cc1. The summed E-state index contributed by atoms with van der Waals surface area (Å²) in [5.41, 5.74) is 7.59. The van der Waals surface area contributed by atoms with Gasteiger partial charge in [-0.2, -0.15) is 5.10 Å². The van der Waals surface area contributed by atoms with Gasteiger partial charge in [0, 0.05) is 39.8 Å². The molecule has 3 heterocycles. The molecule has 1 aliphatic rings. The first-order chi connectivity index (χ1) is 14.9. The number of rotatable bonds is 3. The Bertz CT molecular complexity index is 1260. The van der Waals surface area contributed by atoms with Crippen molar-refractivity contribution in [2.24, 2.45) is 7.05 Å². The number of H-pyrrole nitrogens is 1. The maximum atomic E-state index is 12.5. The lowest BCUT2D eigenvalue weighted by Crippen LogP contribution is -2.25. The first kappa shape index (κ1) is 19.3. The van der Waals surface area contributed by atoms with Crippen LogP contribution in [0.3, 0.4) is 0 Å². The third-order valence-corrected chi connectivity index (χ3v) is 5.54. The fourth-order valence-corrected chi connectivity index (χ4v) is 3.86. The summed E-state index contributed by atoms with van der Waals surface area (Å²) < 4.78 is 7.52. The van der Waals surface area contributed by atoms with Crippen molar-refractivity contribution in [2.75, 3.05) is 14.1 Å².